The zero-order valence-electron chi connectivity index (χ0n) is 12.7. The van der Waals surface area contributed by atoms with E-state index in [-0.39, 0.29) is 6.04 Å². The second kappa shape index (κ2) is 6.96. The van der Waals surface area contributed by atoms with Gasteiger partial charge in [-0.2, -0.15) is 0 Å². The largest absolute Gasteiger partial charge is 0.496 e. The first-order valence-corrected chi connectivity index (χ1v) is 7.64. The maximum absolute atomic E-state index is 6.12. The van der Waals surface area contributed by atoms with Gasteiger partial charge in [0.1, 0.15) is 17.2 Å². The molecule has 1 atom stereocenters. The molecule has 0 aliphatic carbocycles. The summed E-state index contributed by atoms with van der Waals surface area (Å²) < 4.78 is 12.6. The van der Waals surface area contributed by atoms with Gasteiger partial charge in [-0.3, -0.25) is 0 Å². The van der Waals surface area contributed by atoms with Gasteiger partial charge >= 0.3 is 0 Å². The molecule has 0 bridgehead atoms. The maximum Gasteiger partial charge on any atom is 0.135 e. The molecule has 112 valence electrons. The molecule has 2 rings (SSSR count). The second-order valence-corrected chi connectivity index (χ2v) is 5.81. The Balaban J connectivity index is 2.43. The molecule has 0 heterocycles. The van der Waals surface area contributed by atoms with E-state index in [1.165, 1.54) is 0 Å². The van der Waals surface area contributed by atoms with Crippen molar-refractivity contribution in [1.29, 1.82) is 0 Å². The molecule has 0 spiro atoms. The van der Waals surface area contributed by atoms with E-state index in [0.29, 0.717) is 0 Å². The summed E-state index contributed by atoms with van der Waals surface area (Å²) in [4.78, 5) is 0. The van der Waals surface area contributed by atoms with Gasteiger partial charge in [-0.25, -0.2) is 0 Å². The first-order chi connectivity index (χ1) is 10.1. The van der Waals surface area contributed by atoms with E-state index in [9.17, 15) is 0 Å². The molecule has 2 aromatic rings. The van der Waals surface area contributed by atoms with Crippen LogP contribution in [0.5, 0.6) is 17.2 Å². The van der Waals surface area contributed by atoms with Crippen LogP contribution < -0.4 is 14.8 Å². The number of hydrogen-bond acceptors (Lipinski definition) is 3. The monoisotopic (exact) mass is 349 g/mol. The highest BCUT2D eigenvalue weighted by atomic mass is 79.9. The number of aryl methyl sites for hydroxylation is 1. The summed E-state index contributed by atoms with van der Waals surface area (Å²) in [6, 6.07) is 12.0. The molecule has 0 aliphatic heterocycles. The van der Waals surface area contributed by atoms with Gasteiger partial charge in [-0.1, -0.05) is 22.0 Å². The highest BCUT2D eigenvalue weighted by molar-refractivity contribution is 9.10. The number of hydrogen-bond donors (Lipinski definition) is 1. The molecule has 0 aliphatic rings. The summed E-state index contributed by atoms with van der Waals surface area (Å²) in [5.74, 6) is 2.47. The number of rotatable bonds is 5. The van der Waals surface area contributed by atoms with E-state index >= 15 is 0 Å². The Labute approximate surface area is 134 Å². The van der Waals surface area contributed by atoms with E-state index in [1.54, 1.807) is 7.11 Å². The van der Waals surface area contributed by atoms with Gasteiger partial charge in [0.25, 0.3) is 0 Å². The average Bonchev–Trinajstić information content (AvgIpc) is 2.49. The van der Waals surface area contributed by atoms with Crippen molar-refractivity contribution in [3.8, 4) is 17.2 Å². The lowest BCUT2D eigenvalue weighted by Gasteiger charge is -2.20. The summed E-state index contributed by atoms with van der Waals surface area (Å²) in [6.07, 6.45) is 0. The molecule has 1 N–H and O–H groups in total. The van der Waals surface area contributed by atoms with Gasteiger partial charge in [0.15, 0.2) is 0 Å². The van der Waals surface area contributed by atoms with Crippen molar-refractivity contribution in [3.05, 3.63) is 52.0 Å². The van der Waals surface area contributed by atoms with Crippen molar-refractivity contribution in [3.63, 3.8) is 0 Å². The van der Waals surface area contributed by atoms with Crippen molar-refractivity contribution in [1.82, 2.24) is 5.32 Å². The molecule has 1 unspecified atom stereocenters. The van der Waals surface area contributed by atoms with Crippen molar-refractivity contribution in [2.45, 2.75) is 19.9 Å². The van der Waals surface area contributed by atoms with E-state index in [4.69, 9.17) is 9.47 Å². The molecule has 21 heavy (non-hydrogen) atoms. The van der Waals surface area contributed by atoms with Gasteiger partial charge in [-0.05, 0) is 56.8 Å². The molecule has 0 amide bonds. The highest BCUT2D eigenvalue weighted by Crippen LogP contribution is 2.37. The van der Waals surface area contributed by atoms with E-state index in [1.807, 2.05) is 50.4 Å². The summed E-state index contributed by atoms with van der Waals surface area (Å²) in [6.45, 7) is 4.11. The van der Waals surface area contributed by atoms with Gasteiger partial charge < -0.3 is 14.8 Å². The third-order valence-electron chi connectivity index (χ3n) is 3.47. The molecule has 0 saturated heterocycles. The predicted octanol–water partition coefficient (Wildman–Crippen LogP) is 4.84. The first kappa shape index (κ1) is 15.9. The molecular weight excluding hydrogens is 330 g/mol. The maximum atomic E-state index is 6.12. The van der Waals surface area contributed by atoms with Gasteiger partial charge in [0, 0.05) is 10.5 Å². The van der Waals surface area contributed by atoms with Crippen LogP contribution in [0.3, 0.4) is 0 Å². The smallest absolute Gasteiger partial charge is 0.135 e. The van der Waals surface area contributed by atoms with Crippen molar-refractivity contribution in [2.24, 2.45) is 0 Å². The minimum atomic E-state index is 0.131. The third kappa shape index (κ3) is 3.57. The molecule has 0 radical (unpaired) electrons. The van der Waals surface area contributed by atoms with Gasteiger partial charge in [0.2, 0.25) is 0 Å². The summed E-state index contributed by atoms with van der Waals surface area (Å²) in [5, 5.41) is 3.24. The van der Waals surface area contributed by atoms with Crippen LogP contribution in [-0.4, -0.2) is 14.2 Å². The van der Waals surface area contributed by atoms with Gasteiger partial charge in [0.05, 0.1) is 12.7 Å². The highest BCUT2D eigenvalue weighted by Gasteiger charge is 2.17. The standard InChI is InChI=1S/C17H20BrNO2/c1-11-10-13(18)8-9-14(11)21-16-7-5-6-15(20-4)17(16)12(2)19-3/h5-10,12,19H,1-4H3. The zero-order valence-corrected chi connectivity index (χ0v) is 14.3. The summed E-state index contributed by atoms with van der Waals surface area (Å²) in [7, 11) is 3.60. The quantitative estimate of drug-likeness (QED) is 0.837. The molecule has 0 saturated carbocycles. The molecule has 2 aromatic carbocycles. The fourth-order valence-electron chi connectivity index (χ4n) is 2.21. The fourth-order valence-corrected chi connectivity index (χ4v) is 2.68. The Bertz CT molecular complexity index is 628. The van der Waals surface area contributed by atoms with Crippen LogP contribution in [0.25, 0.3) is 0 Å². The van der Waals surface area contributed by atoms with Crippen LogP contribution >= 0.6 is 15.9 Å². The average molecular weight is 350 g/mol. The first-order valence-electron chi connectivity index (χ1n) is 6.85. The van der Waals surface area contributed by atoms with E-state index < -0.39 is 0 Å². The van der Waals surface area contributed by atoms with Crippen molar-refractivity contribution >= 4 is 15.9 Å². The van der Waals surface area contributed by atoms with Crippen LogP contribution in [0.15, 0.2) is 40.9 Å². The van der Waals surface area contributed by atoms with E-state index in [2.05, 4.69) is 28.2 Å². The number of halogens is 1. The molecule has 4 heteroatoms. The zero-order chi connectivity index (χ0) is 15.4. The minimum absolute atomic E-state index is 0.131. The molecular formula is C17H20BrNO2. The van der Waals surface area contributed by atoms with Crippen molar-refractivity contribution < 1.29 is 9.47 Å². The predicted molar refractivity (Wildman–Crippen MR) is 89.4 cm³/mol. The Morgan fingerprint density at radius 3 is 2.43 bits per heavy atom. The lowest BCUT2D eigenvalue weighted by molar-refractivity contribution is 0.393. The summed E-state index contributed by atoms with van der Waals surface area (Å²) in [5.41, 5.74) is 2.10. The Morgan fingerprint density at radius 2 is 1.81 bits per heavy atom. The minimum Gasteiger partial charge on any atom is -0.496 e. The van der Waals surface area contributed by atoms with Crippen LogP contribution in [0.2, 0.25) is 0 Å². The molecule has 3 nitrogen and oxygen atoms in total. The van der Waals surface area contributed by atoms with Crippen LogP contribution in [-0.2, 0) is 0 Å². The van der Waals surface area contributed by atoms with Crippen LogP contribution in [0.1, 0.15) is 24.1 Å². The summed E-state index contributed by atoms with van der Waals surface area (Å²) >= 11 is 3.47. The van der Waals surface area contributed by atoms with Gasteiger partial charge in [-0.15, -0.1) is 0 Å². The molecule has 0 aromatic heterocycles. The lowest BCUT2D eigenvalue weighted by atomic mass is 10.1. The number of ether oxygens (including phenoxy) is 2. The number of nitrogens with one attached hydrogen (secondary N) is 1. The fraction of sp³-hybridized carbons (Fsp3) is 0.294. The third-order valence-corrected chi connectivity index (χ3v) is 3.96. The van der Waals surface area contributed by atoms with E-state index in [0.717, 1.165) is 32.8 Å². The molecule has 0 fully saturated rings. The normalized spacial score (nSPS) is 12.0. The SMILES string of the molecule is CNC(C)c1c(OC)cccc1Oc1ccc(Br)cc1C. The Morgan fingerprint density at radius 1 is 1.10 bits per heavy atom. The Hall–Kier alpha value is -1.52. The Kier molecular flexibility index (Phi) is 5.26. The topological polar surface area (TPSA) is 30.5 Å². The van der Waals surface area contributed by atoms with Crippen molar-refractivity contribution in [2.75, 3.05) is 14.2 Å². The number of methoxy groups -OCH3 is 1. The van der Waals surface area contributed by atoms with Crippen LogP contribution in [0.4, 0.5) is 0 Å². The number of benzene rings is 2. The van der Waals surface area contributed by atoms with Crippen LogP contribution in [0, 0.1) is 6.92 Å². The lowest BCUT2D eigenvalue weighted by Crippen LogP contribution is -2.14. The second-order valence-electron chi connectivity index (χ2n) is 4.89.